The number of hydrogen-bond acceptors (Lipinski definition) is 3. The molecule has 1 aliphatic heterocycles. The highest BCUT2D eigenvalue weighted by molar-refractivity contribution is 6.31. The molecule has 0 bridgehead atoms. The third-order valence-corrected chi connectivity index (χ3v) is 4.27. The van der Waals surface area contributed by atoms with E-state index in [1.54, 1.807) is 12.1 Å². The summed E-state index contributed by atoms with van der Waals surface area (Å²) in [5.74, 6) is 0. The van der Waals surface area contributed by atoms with E-state index in [0.717, 1.165) is 37.4 Å². The fourth-order valence-corrected chi connectivity index (χ4v) is 2.92. The van der Waals surface area contributed by atoms with Crippen molar-refractivity contribution < 1.29 is 4.39 Å². The maximum atomic E-state index is 14.0. The van der Waals surface area contributed by atoms with Crippen LogP contribution in [0.5, 0.6) is 0 Å². The van der Waals surface area contributed by atoms with Gasteiger partial charge in [0.2, 0.25) is 0 Å². The summed E-state index contributed by atoms with van der Waals surface area (Å²) in [6, 6.07) is 3.63. The summed E-state index contributed by atoms with van der Waals surface area (Å²) in [6.45, 7) is 13.7. The van der Waals surface area contributed by atoms with Gasteiger partial charge in [0, 0.05) is 53.8 Å². The molecule has 0 aromatic heterocycles. The zero-order valence-electron chi connectivity index (χ0n) is 13.2. The highest BCUT2D eigenvalue weighted by Gasteiger charge is 2.28. The van der Waals surface area contributed by atoms with Gasteiger partial charge in [0.05, 0.1) is 0 Å². The van der Waals surface area contributed by atoms with Gasteiger partial charge in [-0.05, 0) is 26.0 Å². The molecule has 22 heavy (non-hydrogen) atoms. The van der Waals surface area contributed by atoms with Crippen molar-refractivity contribution in [1.29, 1.82) is 0 Å². The molecule has 1 heterocycles. The molecule has 0 unspecified atom stereocenters. The number of benzene rings is 1. The van der Waals surface area contributed by atoms with E-state index in [0.29, 0.717) is 16.4 Å². The van der Waals surface area contributed by atoms with Gasteiger partial charge in [0.25, 0.3) is 0 Å². The van der Waals surface area contributed by atoms with E-state index >= 15 is 0 Å². The lowest BCUT2D eigenvalue weighted by molar-refractivity contribution is 0.183. The number of hydrogen-bond donors (Lipinski definition) is 1. The summed E-state index contributed by atoms with van der Waals surface area (Å²) in [4.78, 5) is 4.20. The van der Waals surface area contributed by atoms with Crippen LogP contribution in [0.15, 0.2) is 31.0 Å². The second kappa shape index (κ2) is 6.21. The molecule has 1 saturated heterocycles. The number of nitrogens with two attached hydrogens (primary N) is 1. The minimum atomic E-state index is -1.39. The topological polar surface area (TPSA) is 32.5 Å². The van der Waals surface area contributed by atoms with Crippen LogP contribution < -0.4 is 10.6 Å². The molecule has 1 fully saturated rings. The van der Waals surface area contributed by atoms with Gasteiger partial charge in [-0.3, -0.25) is 0 Å². The molecule has 1 aromatic rings. The molecule has 120 valence electrons. The Balaban J connectivity index is 2.16. The third kappa shape index (κ3) is 3.38. The van der Waals surface area contributed by atoms with Crippen LogP contribution in [-0.2, 0) is 0 Å². The van der Waals surface area contributed by atoms with Crippen molar-refractivity contribution in [3.63, 3.8) is 0 Å². The highest BCUT2D eigenvalue weighted by atomic mass is 35.5. The average molecular weight is 324 g/mol. The van der Waals surface area contributed by atoms with Crippen molar-refractivity contribution in [1.82, 2.24) is 4.90 Å². The van der Waals surface area contributed by atoms with Crippen molar-refractivity contribution in [2.45, 2.75) is 19.5 Å². The summed E-state index contributed by atoms with van der Waals surface area (Å²) in [5, 5.41) is 0.606. The monoisotopic (exact) mass is 323 g/mol. The van der Waals surface area contributed by atoms with Gasteiger partial charge in [0.1, 0.15) is 5.67 Å². The Hall–Kier alpha value is -1.68. The van der Waals surface area contributed by atoms with E-state index in [9.17, 15) is 4.39 Å². The predicted octanol–water partition coefficient (Wildman–Crippen LogP) is 3.95. The number of halogens is 2. The van der Waals surface area contributed by atoms with E-state index < -0.39 is 5.67 Å². The van der Waals surface area contributed by atoms with Gasteiger partial charge in [-0.25, -0.2) is 4.39 Å². The lowest BCUT2D eigenvalue weighted by atomic mass is 10.1. The zero-order chi connectivity index (χ0) is 16.5. The molecule has 0 saturated carbocycles. The number of nitrogen functional groups attached to an aromatic ring is 1. The first-order valence-electron chi connectivity index (χ1n) is 7.33. The molecule has 0 radical (unpaired) electrons. The fourth-order valence-electron chi connectivity index (χ4n) is 2.70. The summed E-state index contributed by atoms with van der Waals surface area (Å²) in [7, 11) is 0. The molecule has 3 nitrogen and oxygen atoms in total. The smallest absolute Gasteiger partial charge is 0.144 e. The van der Waals surface area contributed by atoms with Gasteiger partial charge in [-0.15, -0.1) is 0 Å². The molecule has 0 amide bonds. The highest BCUT2D eigenvalue weighted by Crippen LogP contribution is 2.32. The van der Waals surface area contributed by atoms with Crippen LogP contribution in [-0.4, -0.2) is 36.7 Å². The fraction of sp³-hybridized carbons (Fsp3) is 0.412. The Labute approximate surface area is 136 Å². The van der Waals surface area contributed by atoms with Gasteiger partial charge >= 0.3 is 0 Å². The maximum Gasteiger partial charge on any atom is 0.144 e. The lowest BCUT2D eigenvalue weighted by Gasteiger charge is -2.41. The Bertz CT molecular complexity index is 584. The third-order valence-electron chi connectivity index (χ3n) is 4.05. The lowest BCUT2D eigenvalue weighted by Crippen LogP contribution is -2.48. The molecule has 0 atom stereocenters. The predicted molar refractivity (Wildman–Crippen MR) is 94.1 cm³/mol. The molecule has 2 rings (SSSR count). The molecule has 1 aliphatic rings. The maximum absolute atomic E-state index is 14.0. The molecular formula is C17H23ClFN3. The zero-order valence-corrected chi connectivity index (χ0v) is 14.0. The first kappa shape index (κ1) is 16.7. The van der Waals surface area contributed by atoms with E-state index in [1.165, 1.54) is 13.8 Å². The van der Waals surface area contributed by atoms with Gasteiger partial charge in [-0.2, -0.15) is 0 Å². The van der Waals surface area contributed by atoms with E-state index in [-0.39, 0.29) is 0 Å². The van der Waals surface area contributed by atoms with Crippen molar-refractivity contribution in [2.24, 2.45) is 0 Å². The average Bonchev–Trinajstić information content (AvgIpc) is 2.45. The summed E-state index contributed by atoms with van der Waals surface area (Å²) >= 11 is 6.12. The second-order valence-electron chi connectivity index (χ2n) is 6.03. The quantitative estimate of drug-likeness (QED) is 0.852. The van der Waals surface area contributed by atoms with Crippen LogP contribution in [0.1, 0.15) is 19.4 Å². The summed E-state index contributed by atoms with van der Waals surface area (Å²) < 4.78 is 14.0. The molecule has 2 N–H and O–H groups in total. The molecule has 0 aliphatic carbocycles. The SMILES string of the molecule is C=Cc1c(N)cc(Cl)cc1N1CCN(C(=C)C(C)(C)F)CC1. The molecule has 0 spiro atoms. The first-order chi connectivity index (χ1) is 10.2. The van der Waals surface area contributed by atoms with E-state index in [4.69, 9.17) is 17.3 Å². The summed E-state index contributed by atoms with van der Waals surface area (Å²) in [5.41, 5.74) is 7.64. The number of rotatable bonds is 4. The molecular weight excluding hydrogens is 301 g/mol. The first-order valence-corrected chi connectivity index (χ1v) is 7.71. The van der Waals surface area contributed by atoms with Crippen molar-refractivity contribution in [2.75, 3.05) is 36.8 Å². The standard InChI is InChI=1S/C17H23ClFN3/c1-5-14-15(20)10-13(18)11-16(14)22-8-6-21(7-9-22)12(2)17(3,4)19/h5,10-11H,1-2,6-9,20H2,3-4H3. The van der Waals surface area contributed by atoms with Crippen LogP contribution in [0.2, 0.25) is 5.02 Å². The number of alkyl halides is 1. The van der Waals surface area contributed by atoms with Crippen LogP contribution in [0.3, 0.4) is 0 Å². The van der Waals surface area contributed by atoms with Gasteiger partial charge in [0.15, 0.2) is 0 Å². The Morgan fingerprint density at radius 1 is 1.32 bits per heavy atom. The van der Waals surface area contributed by atoms with Gasteiger partial charge in [-0.1, -0.05) is 30.8 Å². The van der Waals surface area contributed by atoms with Crippen LogP contribution in [0.4, 0.5) is 15.8 Å². The van der Waals surface area contributed by atoms with Crippen LogP contribution >= 0.6 is 11.6 Å². The minimum Gasteiger partial charge on any atom is -0.398 e. The Kier molecular flexibility index (Phi) is 4.71. The number of piperazine rings is 1. The number of allylic oxidation sites excluding steroid dienone is 1. The molecule has 1 aromatic carbocycles. The van der Waals surface area contributed by atoms with Crippen LogP contribution in [0, 0.1) is 0 Å². The second-order valence-corrected chi connectivity index (χ2v) is 6.46. The number of nitrogens with zero attached hydrogens (tertiary/aromatic N) is 2. The summed E-state index contributed by atoms with van der Waals surface area (Å²) in [6.07, 6.45) is 1.75. The Morgan fingerprint density at radius 2 is 1.91 bits per heavy atom. The van der Waals surface area contributed by atoms with Crippen molar-refractivity contribution in [3.8, 4) is 0 Å². The van der Waals surface area contributed by atoms with Crippen molar-refractivity contribution >= 4 is 29.1 Å². The van der Waals surface area contributed by atoms with Gasteiger partial charge < -0.3 is 15.5 Å². The minimum absolute atomic E-state index is 0.529. The van der Waals surface area contributed by atoms with E-state index in [2.05, 4.69) is 18.1 Å². The van der Waals surface area contributed by atoms with E-state index in [1.807, 2.05) is 11.0 Å². The normalized spacial score (nSPS) is 15.8. The largest absolute Gasteiger partial charge is 0.398 e. The molecule has 5 heteroatoms. The Morgan fingerprint density at radius 3 is 2.41 bits per heavy atom. The number of anilines is 2. The van der Waals surface area contributed by atoms with Crippen molar-refractivity contribution in [3.05, 3.63) is 41.6 Å². The van der Waals surface area contributed by atoms with Crippen LogP contribution in [0.25, 0.3) is 6.08 Å².